The van der Waals surface area contributed by atoms with Crippen LogP contribution in [-0.2, 0) is 12.8 Å². The molecule has 2 aromatic carbocycles. The van der Waals surface area contributed by atoms with E-state index in [-0.39, 0.29) is 6.04 Å². The summed E-state index contributed by atoms with van der Waals surface area (Å²) in [7, 11) is 0. The SMILES string of the molecule is CCc1cccc(Oc2cc(CC(N)CC)ccc2C)c1. The predicted molar refractivity (Wildman–Crippen MR) is 89.0 cm³/mol. The normalized spacial score (nSPS) is 12.2. The topological polar surface area (TPSA) is 35.2 Å². The van der Waals surface area contributed by atoms with E-state index in [0.29, 0.717) is 0 Å². The van der Waals surface area contributed by atoms with Gasteiger partial charge in [0.1, 0.15) is 11.5 Å². The van der Waals surface area contributed by atoms with Crippen LogP contribution >= 0.6 is 0 Å². The molecule has 21 heavy (non-hydrogen) atoms. The molecule has 0 saturated carbocycles. The Bertz CT molecular complexity index is 592. The Hall–Kier alpha value is -1.80. The van der Waals surface area contributed by atoms with Gasteiger partial charge in [-0.1, -0.05) is 38.1 Å². The third-order valence-electron chi connectivity index (χ3n) is 3.81. The van der Waals surface area contributed by atoms with Crippen LogP contribution in [0.25, 0.3) is 0 Å². The first-order valence-electron chi connectivity index (χ1n) is 7.74. The molecule has 2 rings (SSSR count). The Balaban J connectivity index is 2.20. The van der Waals surface area contributed by atoms with E-state index in [1.54, 1.807) is 0 Å². The first-order chi connectivity index (χ1) is 10.1. The summed E-state index contributed by atoms with van der Waals surface area (Å²) in [6.07, 6.45) is 2.90. The van der Waals surface area contributed by atoms with E-state index >= 15 is 0 Å². The zero-order valence-corrected chi connectivity index (χ0v) is 13.2. The smallest absolute Gasteiger partial charge is 0.130 e. The van der Waals surface area contributed by atoms with Crippen LogP contribution in [-0.4, -0.2) is 6.04 Å². The molecule has 1 unspecified atom stereocenters. The molecular formula is C19H25NO. The molecule has 0 aliphatic rings. The van der Waals surface area contributed by atoms with Gasteiger partial charge in [0.05, 0.1) is 0 Å². The van der Waals surface area contributed by atoms with E-state index in [4.69, 9.17) is 10.5 Å². The Labute approximate surface area is 127 Å². The van der Waals surface area contributed by atoms with Crippen LogP contribution in [0.2, 0.25) is 0 Å². The van der Waals surface area contributed by atoms with E-state index in [2.05, 4.69) is 51.1 Å². The lowest BCUT2D eigenvalue weighted by Gasteiger charge is -2.13. The molecule has 0 fully saturated rings. The van der Waals surface area contributed by atoms with Crippen molar-refractivity contribution in [3.05, 3.63) is 59.2 Å². The highest BCUT2D eigenvalue weighted by atomic mass is 16.5. The van der Waals surface area contributed by atoms with Crippen LogP contribution in [0, 0.1) is 6.92 Å². The van der Waals surface area contributed by atoms with Gasteiger partial charge in [0.2, 0.25) is 0 Å². The summed E-state index contributed by atoms with van der Waals surface area (Å²) < 4.78 is 6.07. The van der Waals surface area contributed by atoms with E-state index in [1.807, 2.05) is 12.1 Å². The number of rotatable bonds is 6. The van der Waals surface area contributed by atoms with Crippen molar-refractivity contribution in [1.29, 1.82) is 0 Å². The Kier molecular flexibility index (Phi) is 5.40. The Morgan fingerprint density at radius 3 is 2.57 bits per heavy atom. The number of aryl methyl sites for hydroxylation is 2. The number of hydrogen-bond donors (Lipinski definition) is 1. The van der Waals surface area contributed by atoms with Crippen molar-refractivity contribution in [2.24, 2.45) is 5.73 Å². The van der Waals surface area contributed by atoms with Gasteiger partial charge in [-0.15, -0.1) is 0 Å². The van der Waals surface area contributed by atoms with Crippen molar-refractivity contribution in [2.45, 2.75) is 46.1 Å². The van der Waals surface area contributed by atoms with Gasteiger partial charge in [-0.3, -0.25) is 0 Å². The van der Waals surface area contributed by atoms with Gasteiger partial charge < -0.3 is 10.5 Å². The van der Waals surface area contributed by atoms with Crippen LogP contribution in [0.4, 0.5) is 0 Å². The van der Waals surface area contributed by atoms with Crippen molar-refractivity contribution in [3.63, 3.8) is 0 Å². The van der Waals surface area contributed by atoms with Gasteiger partial charge >= 0.3 is 0 Å². The summed E-state index contributed by atoms with van der Waals surface area (Å²) in [6.45, 7) is 6.34. The molecule has 0 saturated heterocycles. The number of benzene rings is 2. The van der Waals surface area contributed by atoms with Gasteiger partial charge in [0, 0.05) is 6.04 Å². The predicted octanol–water partition coefficient (Wildman–Crippen LogP) is 4.63. The second-order valence-corrected chi connectivity index (χ2v) is 5.58. The molecule has 112 valence electrons. The fourth-order valence-corrected chi connectivity index (χ4v) is 2.28. The number of nitrogens with two attached hydrogens (primary N) is 1. The minimum Gasteiger partial charge on any atom is -0.457 e. The van der Waals surface area contributed by atoms with Crippen LogP contribution < -0.4 is 10.5 Å². The van der Waals surface area contributed by atoms with Crippen molar-refractivity contribution < 1.29 is 4.74 Å². The molecule has 0 aromatic heterocycles. The molecule has 0 spiro atoms. The lowest BCUT2D eigenvalue weighted by atomic mass is 10.0. The zero-order chi connectivity index (χ0) is 15.2. The molecule has 2 aromatic rings. The summed E-state index contributed by atoms with van der Waals surface area (Å²) in [5, 5.41) is 0. The van der Waals surface area contributed by atoms with E-state index in [1.165, 1.54) is 11.1 Å². The fourth-order valence-electron chi connectivity index (χ4n) is 2.28. The maximum atomic E-state index is 6.07. The third kappa shape index (κ3) is 4.33. The minimum atomic E-state index is 0.212. The van der Waals surface area contributed by atoms with Gasteiger partial charge in [-0.05, 0) is 61.1 Å². The standard InChI is InChI=1S/C19H25NO/c1-4-15-7-6-8-18(12-15)21-19-13-16(10-9-14(19)3)11-17(20)5-2/h6-10,12-13,17H,4-5,11,20H2,1-3H3. The molecule has 2 nitrogen and oxygen atoms in total. The van der Waals surface area contributed by atoms with Crippen LogP contribution in [0.1, 0.15) is 37.0 Å². The lowest BCUT2D eigenvalue weighted by molar-refractivity contribution is 0.477. The monoisotopic (exact) mass is 283 g/mol. The second-order valence-electron chi connectivity index (χ2n) is 5.58. The first-order valence-corrected chi connectivity index (χ1v) is 7.74. The average molecular weight is 283 g/mol. The molecule has 1 atom stereocenters. The van der Waals surface area contributed by atoms with Crippen molar-refractivity contribution >= 4 is 0 Å². The summed E-state index contributed by atoms with van der Waals surface area (Å²) in [4.78, 5) is 0. The van der Waals surface area contributed by atoms with E-state index < -0.39 is 0 Å². The summed E-state index contributed by atoms with van der Waals surface area (Å²) in [5.41, 5.74) is 9.71. The Morgan fingerprint density at radius 1 is 1.05 bits per heavy atom. The van der Waals surface area contributed by atoms with Crippen molar-refractivity contribution in [3.8, 4) is 11.5 Å². The van der Waals surface area contributed by atoms with Crippen molar-refractivity contribution in [1.82, 2.24) is 0 Å². The third-order valence-corrected chi connectivity index (χ3v) is 3.81. The fraction of sp³-hybridized carbons (Fsp3) is 0.368. The van der Waals surface area contributed by atoms with Crippen molar-refractivity contribution in [2.75, 3.05) is 0 Å². The quantitative estimate of drug-likeness (QED) is 0.839. The van der Waals surface area contributed by atoms with Gasteiger partial charge in [-0.2, -0.15) is 0 Å². The maximum Gasteiger partial charge on any atom is 0.130 e. The number of ether oxygens (including phenoxy) is 1. The van der Waals surface area contributed by atoms with Gasteiger partial charge in [0.25, 0.3) is 0 Å². The average Bonchev–Trinajstić information content (AvgIpc) is 2.50. The molecule has 0 bridgehead atoms. The molecule has 0 radical (unpaired) electrons. The molecule has 2 heteroatoms. The van der Waals surface area contributed by atoms with Crippen LogP contribution in [0.15, 0.2) is 42.5 Å². The second kappa shape index (κ2) is 7.28. The molecule has 0 aliphatic heterocycles. The number of hydrogen-bond acceptors (Lipinski definition) is 2. The van der Waals surface area contributed by atoms with E-state index in [0.717, 1.165) is 36.3 Å². The van der Waals surface area contributed by atoms with Crippen LogP contribution in [0.3, 0.4) is 0 Å². The van der Waals surface area contributed by atoms with Crippen LogP contribution in [0.5, 0.6) is 11.5 Å². The maximum absolute atomic E-state index is 6.07. The lowest BCUT2D eigenvalue weighted by Crippen LogP contribution is -2.21. The van der Waals surface area contributed by atoms with Gasteiger partial charge in [-0.25, -0.2) is 0 Å². The highest BCUT2D eigenvalue weighted by Crippen LogP contribution is 2.27. The Morgan fingerprint density at radius 2 is 1.86 bits per heavy atom. The zero-order valence-electron chi connectivity index (χ0n) is 13.2. The summed E-state index contributed by atoms with van der Waals surface area (Å²) >= 11 is 0. The minimum absolute atomic E-state index is 0.212. The summed E-state index contributed by atoms with van der Waals surface area (Å²) in [5.74, 6) is 1.82. The first kappa shape index (κ1) is 15.6. The van der Waals surface area contributed by atoms with Gasteiger partial charge in [0.15, 0.2) is 0 Å². The largest absolute Gasteiger partial charge is 0.457 e. The molecule has 0 aliphatic carbocycles. The van der Waals surface area contributed by atoms with E-state index in [9.17, 15) is 0 Å². The molecule has 0 amide bonds. The highest BCUT2D eigenvalue weighted by molar-refractivity contribution is 5.41. The molecule has 0 heterocycles. The molecular weight excluding hydrogens is 258 g/mol. The highest BCUT2D eigenvalue weighted by Gasteiger charge is 2.07. The molecule has 2 N–H and O–H groups in total. The summed E-state index contributed by atoms with van der Waals surface area (Å²) in [6, 6.07) is 14.8.